The summed E-state index contributed by atoms with van der Waals surface area (Å²) in [6, 6.07) is 15.5. The second kappa shape index (κ2) is 7.53. The summed E-state index contributed by atoms with van der Waals surface area (Å²) in [6.45, 7) is 3.54. The molecule has 1 aliphatic rings. The predicted molar refractivity (Wildman–Crippen MR) is 102 cm³/mol. The number of carbonyl (C=O) groups is 1. The van der Waals surface area contributed by atoms with E-state index in [0.29, 0.717) is 31.7 Å². The Morgan fingerprint density at radius 3 is 2.67 bits per heavy atom. The van der Waals surface area contributed by atoms with Gasteiger partial charge in [-0.15, -0.1) is 0 Å². The molecule has 0 atom stereocenters. The molecular formula is C21H21N3O3. The highest BCUT2D eigenvalue weighted by Crippen LogP contribution is 2.30. The van der Waals surface area contributed by atoms with Gasteiger partial charge in [-0.25, -0.2) is 4.68 Å². The van der Waals surface area contributed by atoms with Gasteiger partial charge in [0.25, 0.3) is 5.91 Å². The molecule has 6 nitrogen and oxygen atoms in total. The second-order valence-electron chi connectivity index (χ2n) is 6.27. The molecule has 0 radical (unpaired) electrons. The molecule has 2 heterocycles. The Morgan fingerprint density at radius 2 is 1.89 bits per heavy atom. The Morgan fingerprint density at radius 1 is 1.11 bits per heavy atom. The van der Waals surface area contributed by atoms with Gasteiger partial charge in [0.15, 0.2) is 11.5 Å². The number of hydrogen-bond donors (Lipinski definition) is 1. The standard InChI is InChI=1S/C21H21N3O3/c1-2-18-17(14-23-24(18)16-6-4-3-5-7-16)21(25)22-13-15-8-9-19-20(12-15)27-11-10-26-19/h3-9,12,14H,2,10-11,13H2,1H3,(H,22,25). The van der Waals surface area contributed by atoms with Gasteiger partial charge in [-0.2, -0.15) is 5.10 Å². The maximum Gasteiger partial charge on any atom is 0.255 e. The van der Waals surface area contributed by atoms with Crippen LogP contribution in [0.5, 0.6) is 11.5 Å². The monoisotopic (exact) mass is 363 g/mol. The molecule has 4 rings (SSSR count). The van der Waals surface area contributed by atoms with Gasteiger partial charge in [0.05, 0.1) is 23.1 Å². The number of carbonyl (C=O) groups excluding carboxylic acids is 1. The van der Waals surface area contributed by atoms with Gasteiger partial charge in [0, 0.05) is 6.54 Å². The third kappa shape index (κ3) is 3.51. The van der Waals surface area contributed by atoms with E-state index in [9.17, 15) is 4.79 Å². The highest BCUT2D eigenvalue weighted by atomic mass is 16.6. The van der Waals surface area contributed by atoms with E-state index in [4.69, 9.17) is 9.47 Å². The molecule has 1 aliphatic heterocycles. The van der Waals surface area contributed by atoms with Gasteiger partial charge in [-0.1, -0.05) is 31.2 Å². The topological polar surface area (TPSA) is 65.4 Å². The van der Waals surface area contributed by atoms with E-state index in [-0.39, 0.29) is 5.91 Å². The van der Waals surface area contributed by atoms with E-state index in [1.165, 1.54) is 0 Å². The van der Waals surface area contributed by atoms with Crippen molar-refractivity contribution in [3.8, 4) is 17.2 Å². The van der Waals surface area contributed by atoms with Gasteiger partial charge in [0.1, 0.15) is 13.2 Å². The zero-order valence-corrected chi connectivity index (χ0v) is 15.1. The molecule has 27 heavy (non-hydrogen) atoms. The lowest BCUT2D eigenvalue weighted by Gasteiger charge is -2.19. The van der Waals surface area contributed by atoms with Crippen molar-refractivity contribution in [1.82, 2.24) is 15.1 Å². The van der Waals surface area contributed by atoms with Crippen LogP contribution in [0, 0.1) is 0 Å². The van der Waals surface area contributed by atoms with E-state index in [1.54, 1.807) is 6.20 Å². The van der Waals surface area contributed by atoms with Crippen molar-refractivity contribution < 1.29 is 14.3 Å². The lowest BCUT2D eigenvalue weighted by Crippen LogP contribution is -2.24. The molecular weight excluding hydrogens is 342 g/mol. The van der Waals surface area contributed by atoms with Gasteiger partial charge in [-0.05, 0) is 36.2 Å². The summed E-state index contributed by atoms with van der Waals surface area (Å²) in [5, 5.41) is 7.38. The van der Waals surface area contributed by atoms with Crippen molar-refractivity contribution >= 4 is 5.91 Å². The molecule has 0 unspecified atom stereocenters. The van der Waals surface area contributed by atoms with Crippen molar-refractivity contribution in [2.24, 2.45) is 0 Å². The molecule has 1 N–H and O–H groups in total. The average Bonchev–Trinajstić information content (AvgIpc) is 3.16. The molecule has 3 aromatic rings. The van der Waals surface area contributed by atoms with Crippen molar-refractivity contribution in [3.05, 3.63) is 71.5 Å². The van der Waals surface area contributed by atoms with Crippen LogP contribution in [-0.4, -0.2) is 28.9 Å². The molecule has 0 spiro atoms. The summed E-state index contributed by atoms with van der Waals surface area (Å²) >= 11 is 0. The molecule has 1 aromatic heterocycles. The Kier molecular flexibility index (Phi) is 4.78. The first-order valence-corrected chi connectivity index (χ1v) is 9.05. The average molecular weight is 363 g/mol. The van der Waals surface area contributed by atoms with Crippen molar-refractivity contribution in [2.75, 3.05) is 13.2 Å². The molecule has 2 aromatic carbocycles. The van der Waals surface area contributed by atoms with E-state index in [0.717, 1.165) is 28.4 Å². The van der Waals surface area contributed by atoms with Gasteiger partial charge in [0.2, 0.25) is 0 Å². The zero-order chi connectivity index (χ0) is 18.6. The van der Waals surface area contributed by atoms with Crippen LogP contribution in [0.25, 0.3) is 5.69 Å². The molecule has 0 aliphatic carbocycles. The highest BCUT2D eigenvalue weighted by Gasteiger charge is 2.17. The van der Waals surface area contributed by atoms with Crippen molar-refractivity contribution in [1.29, 1.82) is 0 Å². The molecule has 138 valence electrons. The quantitative estimate of drug-likeness (QED) is 0.756. The Labute approximate surface area is 157 Å². The van der Waals surface area contributed by atoms with Crippen LogP contribution in [0.2, 0.25) is 0 Å². The van der Waals surface area contributed by atoms with Crippen molar-refractivity contribution in [3.63, 3.8) is 0 Å². The number of para-hydroxylation sites is 1. The van der Waals surface area contributed by atoms with E-state index in [1.807, 2.05) is 60.1 Å². The minimum atomic E-state index is -0.135. The zero-order valence-electron chi connectivity index (χ0n) is 15.1. The maximum absolute atomic E-state index is 12.7. The van der Waals surface area contributed by atoms with E-state index >= 15 is 0 Å². The summed E-state index contributed by atoms with van der Waals surface area (Å²) in [5.41, 5.74) is 3.39. The third-order valence-electron chi connectivity index (χ3n) is 4.51. The number of fused-ring (bicyclic) bond motifs is 1. The second-order valence-corrected chi connectivity index (χ2v) is 6.27. The van der Waals surface area contributed by atoms with Crippen LogP contribution in [0.4, 0.5) is 0 Å². The fraction of sp³-hybridized carbons (Fsp3) is 0.238. The summed E-state index contributed by atoms with van der Waals surface area (Å²) in [7, 11) is 0. The summed E-state index contributed by atoms with van der Waals surface area (Å²) in [6.07, 6.45) is 2.34. The first-order chi connectivity index (χ1) is 13.3. The van der Waals surface area contributed by atoms with E-state index < -0.39 is 0 Å². The lowest BCUT2D eigenvalue weighted by atomic mass is 10.1. The fourth-order valence-corrected chi connectivity index (χ4v) is 3.17. The molecule has 0 saturated heterocycles. The number of hydrogen-bond acceptors (Lipinski definition) is 4. The number of nitrogens with zero attached hydrogens (tertiary/aromatic N) is 2. The largest absolute Gasteiger partial charge is 0.486 e. The Bertz CT molecular complexity index is 951. The van der Waals surface area contributed by atoms with Crippen molar-refractivity contribution in [2.45, 2.75) is 19.9 Å². The maximum atomic E-state index is 12.7. The van der Waals surface area contributed by atoms with Gasteiger partial charge < -0.3 is 14.8 Å². The van der Waals surface area contributed by atoms with E-state index in [2.05, 4.69) is 10.4 Å². The SMILES string of the molecule is CCc1c(C(=O)NCc2ccc3c(c2)OCCO3)cnn1-c1ccccc1. The molecule has 0 saturated carbocycles. The fourth-order valence-electron chi connectivity index (χ4n) is 3.17. The lowest BCUT2D eigenvalue weighted by molar-refractivity contribution is 0.0950. The Balaban J connectivity index is 1.50. The minimum Gasteiger partial charge on any atom is -0.486 e. The first-order valence-electron chi connectivity index (χ1n) is 9.05. The van der Waals surface area contributed by atoms with Crippen LogP contribution in [0.1, 0.15) is 28.5 Å². The van der Waals surface area contributed by atoms with Crippen LogP contribution < -0.4 is 14.8 Å². The third-order valence-corrected chi connectivity index (χ3v) is 4.51. The molecule has 0 bridgehead atoms. The van der Waals surface area contributed by atoms with Crippen LogP contribution in [-0.2, 0) is 13.0 Å². The molecule has 0 fully saturated rings. The predicted octanol–water partition coefficient (Wildman–Crippen LogP) is 3.14. The number of amides is 1. The normalized spacial score (nSPS) is 12.6. The summed E-state index contributed by atoms with van der Waals surface area (Å²) in [5.74, 6) is 1.33. The summed E-state index contributed by atoms with van der Waals surface area (Å²) < 4.78 is 12.9. The number of aromatic nitrogens is 2. The number of rotatable bonds is 5. The smallest absolute Gasteiger partial charge is 0.255 e. The molecule has 6 heteroatoms. The molecule has 1 amide bonds. The highest BCUT2D eigenvalue weighted by molar-refractivity contribution is 5.95. The van der Waals surface area contributed by atoms with Crippen LogP contribution >= 0.6 is 0 Å². The Hall–Kier alpha value is -3.28. The number of benzene rings is 2. The van der Waals surface area contributed by atoms with Crippen LogP contribution in [0.3, 0.4) is 0 Å². The van der Waals surface area contributed by atoms with Gasteiger partial charge in [-0.3, -0.25) is 4.79 Å². The first kappa shape index (κ1) is 17.1. The van der Waals surface area contributed by atoms with Gasteiger partial charge >= 0.3 is 0 Å². The van der Waals surface area contributed by atoms with Crippen LogP contribution in [0.15, 0.2) is 54.7 Å². The summed E-state index contributed by atoms with van der Waals surface area (Å²) in [4.78, 5) is 12.7. The number of ether oxygens (including phenoxy) is 2. The minimum absolute atomic E-state index is 0.135. The number of nitrogens with one attached hydrogen (secondary N) is 1.